The van der Waals surface area contributed by atoms with Gasteiger partial charge >= 0.3 is 5.97 Å². The number of hydrogen-bond acceptors (Lipinski definition) is 6. The van der Waals surface area contributed by atoms with Gasteiger partial charge in [-0.05, 0) is 6.07 Å². The van der Waals surface area contributed by atoms with E-state index in [0.717, 1.165) is 29.9 Å². The van der Waals surface area contributed by atoms with Gasteiger partial charge in [0.15, 0.2) is 0 Å². The Morgan fingerprint density at radius 3 is 2.85 bits per heavy atom. The molecule has 9 heteroatoms. The number of sulfonamides is 1. The normalized spacial score (nSPS) is 23.8. The fourth-order valence-electron chi connectivity index (χ4n) is 2.07. The molecule has 1 aliphatic rings. The summed E-state index contributed by atoms with van der Waals surface area (Å²) in [5.74, 6) is -1.57. The zero-order chi connectivity index (χ0) is 14.9. The van der Waals surface area contributed by atoms with Crippen molar-refractivity contribution >= 4 is 16.0 Å². The maximum atomic E-state index is 13.1. The fraction of sp³-hybridized carbons (Fsp3) is 0.455. The van der Waals surface area contributed by atoms with Crippen LogP contribution in [0.4, 0.5) is 4.39 Å². The van der Waals surface area contributed by atoms with Crippen molar-refractivity contribution in [3.05, 3.63) is 24.3 Å². The SMILES string of the molecule is COC(=O)C1CC(O)CN1S(=O)(=O)c1cncc(F)c1. The predicted molar refractivity (Wildman–Crippen MR) is 64.5 cm³/mol. The van der Waals surface area contributed by atoms with Crippen molar-refractivity contribution in [1.82, 2.24) is 9.29 Å². The largest absolute Gasteiger partial charge is 0.468 e. The molecule has 0 amide bonds. The number of carbonyl (C=O) groups excluding carboxylic acids is 1. The number of methoxy groups -OCH3 is 1. The quantitative estimate of drug-likeness (QED) is 0.757. The van der Waals surface area contributed by atoms with Gasteiger partial charge in [-0.1, -0.05) is 0 Å². The van der Waals surface area contributed by atoms with Crippen molar-refractivity contribution < 1.29 is 27.4 Å². The summed E-state index contributed by atoms with van der Waals surface area (Å²) in [6, 6.07) is -0.315. The summed E-state index contributed by atoms with van der Waals surface area (Å²) in [6.45, 7) is -0.251. The Hall–Kier alpha value is -1.58. The molecule has 0 radical (unpaired) electrons. The first-order valence-corrected chi connectivity index (χ1v) is 7.18. The summed E-state index contributed by atoms with van der Waals surface area (Å²) in [6.07, 6.45) is 0.817. The number of carbonyl (C=O) groups is 1. The molecule has 1 N–H and O–H groups in total. The van der Waals surface area contributed by atoms with Crippen LogP contribution in [0.5, 0.6) is 0 Å². The van der Waals surface area contributed by atoms with Gasteiger partial charge in [0.05, 0.1) is 19.4 Å². The van der Waals surface area contributed by atoms with Crippen LogP contribution < -0.4 is 0 Å². The minimum Gasteiger partial charge on any atom is -0.468 e. The first kappa shape index (κ1) is 14.8. The minimum absolute atomic E-state index is 0.0609. The van der Waals surface area contributed by atoms with Crippen LogP contribution in [0.3, 0.4) is 0 Å². The number of halogens is 1. The van der Waals surface area contributed by atoms with Gasteiger partial charge in [0.2, 0.25) is 10.0 Å². The van der Waals surface area contributed by atoms with Crippen LogP contribution in [0.1, 0.15) is 6.42 Å². The Labute approximate surface area is 115 Å². The average molecular weight is 304 g/mol. The zero-order valence-electron chi connectivity index (χ0n) is 10.6. The lowest BCUT2D eigenvalue weighted by molar-refractivity contribution is -0.144. The number of β-amino-alcohol motifs (C(OH)–C–C–N with tert-alkyl or cyclic N) is 1. The molecule has 7 nitrogen and oxygen atoms in total. The number of nitrogens with zero attached hydrogens (tertiary/aromatic N) is 2. The Morgan fingerprint density at radius 1 is 1.55 bits per heavy atom. The highest BCUT2D eigenvalue weighted by Crippen LogP contribution is 2.27. The highest BCUT2D eigenvalue weighted by molar-refractivity contribution is 7.89. The number of pyridine rings is 1. The molecule has 1 aromatic heterocycles. The lowest BCUT2D eigenvalue weighted by atomic mass is 10.2. The van der Waals surface area contributed by atoms with Crippen LogP contribution in [-0.2, 0) is 19.6 Å². The number of aliphatic hydroxyl groups is 1. The number of aromatic nitrogens is 1. The van der Waals surface area contributed by atoms with E-state index >= 15 is 0 Å². The van der Waals surface area contributed by atoms with Gasteiger partial charge in [0.25, 0.3) is 0 Å². The second kappa shape index (κ2) is 5.43. The molecule has 20 heavy (non-hydrogen) atoms. The molecule has 0 aliphatic carbocycles. The highest BCUT2D eigenvalue weighted by Gasteiger charge is 2.44. The molecule has 2 heterocycles. The molecule has 1 fully saturated rings. The molecule has 2 rings (SSSR count). The van der Waals surface area contributed by atoms with Crippen LogP contribution in [0.2, 0.25) is 0 Å². The van der Waals surface area contributed by atoms with Gasteiger partial charge < -0.3 is 9.84 Å². The molecule has 0 saturated carbocycles. The van der Waals surface area contributed by atoms with E-state index in [1.807, 2.05) is 0 Å². The number of rotatable bonds is 3. The van der Waals surface area contributed by atoms with E-state index in [0.29, 0.717) is 0 Å². The molecule has 0 spiro atoms. The Balaban J connectivity index is 2.40. The summed E-state index contributed by atoms with van der Waals surface area (Å²) in [7, 11) is -3.00. The number of ether oxygens (including phenoxy) is 1. The molecule has 0 aromatic carbocycles. The van der Waals surface area contributed by atoms with E-state index in [4.69, 9.17) is 0 Å². The molecule has 2 unspecified atom stereocenters. The van der Waals surface area contributed by atoms with E-state index in [2.05, 4.69) is 9.72 Å². The predicted octanol–water partition coefficient (Wildman–Crippen LogP) is -0.482. The van der Waals surface area contributed by atoms with E-state index in [1.54, 1.807) is 0 Å². The Kier molecular flexibility index (Phi) is 4.02. The zero-order valence-corrected chi connectivity index (χ0v) is 11.4. The molecular formula is C11H13FN2O5S. The second-order valence-electron chi connectivity index (χ2n) is 4.34. The van der Waals surface area contributed by atoms with Gasteiger partial charge in [0.1, 0.15) is 16.8 Å². The molecule has 2 atom stereocenters. The van der Waals surface area contributed by atoms with E-state index < -0.39 is 34.0 Å². The van der Waals surface area contributed by atoms with Gasteiger partial charge in [0, 0.05) is 19.2 Å². The number of esters is 1. The standard InChI is InChI=1S/C11H13FN2O5S/c1-19-11(16)10-3-8(15)6-14(10)20(17,18)9-2-7(12)4-13-5-9/h2,4-5,8,10,15H,3,6H2,1H3. The molecule has 1 aliphatic heterocycles. The lowest BCUT2D eigenvalue weighted by Gasteiger charge is -2.21. The minimum atomic E-state index is -4.13. The van der Waals surface area contributed by atoms with E-state index in [-0.39, 0.29) is 17.9 Å². The van der Waals surface area contributed by atoms with Crippen LogP contribution >= 0.6 is 0 Å². The highest BCUT2D eigenvalue weighted by atomic mass is 32.2. The molecule has 1 aromatic rings. The maximum absolute atomic E-state index is 13.1. The third kappa shape index (κ3) is 2.65. The van der Waals surface area contributed by atoms with Crippen molar-refractivity contribution in [2.75, 3.05) is 13.7 Å². The van der Waals surface area contributed by atoms with Crippen LogP contribution in [0.25, 0.3) is 0 Å². The lowest BCUT2D eigenvalue weighted by Crippen LogP contribution is -2.41. The van der Waals surface area contributed by atoms with Crippen molar-refractivity contribution in [3.63, 3.8) is 0 Å². The van der Waals surface area contributed by atoms with Crippen molar-refractivity contribution in [2.24, 2.45) is 0 Å². The van der Waals surface area contributed by atoms with E-state index in [1.165, 1.54) is 0 Å². The van der Waals surface area contributed by atoms with Crippen molar-refractivity contribution in [2.45, 2.75) is 23.5 Å². The molecule has 0 bridgehead atoms. The van der Waals surface area contributed by atoms with E-state index in [9.17, 15) is 22.7 Å². The topological polar surface area (TPSA) is 96.8 Å². The first-order chi connectivity index (χ1) is 9.36. The van der Waals surface area contributed by atoms with Crippen LogP contribution in [0, 0.1) is 5.82 Å². The van der Waals surface area contributed by atoms with Crippen molar-refractivity contribution in [3.8, 4) is 0 Å². The fourth-order valence-corrected chi connectivity index (χ4v) is 3.67. The summed E-state index contributed by atoms with van der Waals surface area (Å²) in [5.41, 5.74) is 0. The molecular weight excluding hydrogens is 291 g/mol. The number of hydrogen-bond donors (Lipinski definition) is 1. The van der Waals surface area contributed by atoms with Gasteiger partial charge in [-0.15, -0.1) is 0 Å². The Bertz CT molecular complexity index is 621. The molecule has 1 saturated heterocycles. The second-order valence-corrected chi connectivity index (χ2v) is 6.23. The summed E-state index contributed by atoms with van der Waals surface area (Å²) in [5, 5.41) is 9.58. The summed E-state index contributed by atoms with van der Waals surface area (Å²) >= 11 is 0. The summed E-state index contributed by atoms with van der Waals surface area (Å²) < 4.78 is 43.2. The third-order valence-electron chi connectivity index (χ3n) is 2.99. The average Bonchev–Trinajstić information content (AvgIpc) is 2.80. The number of aliphatic hydroxyl groups excluding tert-OH is 1. The van der Waals surface area contributed by atoms with Crippen LogP contribution in [0.15, 0.2) is 23.4 Å². The van der Waals surface area contributed by atoms with Gasteiger partial charge in [-0.25, -0.2) is 12.8 Å². The third-order valence-corrected chi connectivity index (χ3v) is 4.83. The molecule has 110 valence electrons. The Morgan fingerprint density at radius 2 is 2.25 bits per heavy atom. The van der Waals surface area contributed by atoms with Crippen LogP contribution in [-0.4, -0.2) is 54.6 Å². The van der Waals surface area contributed by atoms with Crippen molar-refractivity contribution in [1.29, 1.82) is 0 Å². The summed E-state index contributed by atoms with van der Waals surface area (Å²) in [4.78, 5) is 14.7. The first-order valence-electron chi connectivity index (χ1n) is 5.74. The maximum Gasteiger partial charge on any atom is 0.324 e. The van der Waals surface area contributed by atoms with Gasteiger partial charge in [-0.2, -0.15) is 4.31 Å². The van der Waals surface area contributed by atoms with Gasteiger partial charge in [-0.3, -0.25) is 9.78 Å². The smallest absolute Gasteiger partial charge is 0.324 e. The monoisotopic (exact) mass is 304 g/mol.